The van der Waals surface area contributed by atoms with Gasteiger partial charge in [-0.2, -0.15) is 0 Å². The lowest BCUT2D eigenvalue weighted by Crippen LogP contribution is -1.99. The van der Waals surface area contributed by atoms with Crippen molar-refractivity contribution < 1.29 is 28.6 Å². The molecule has 0 aromatic heterocycles. The molecule has 1 aromatic rings. The highest BCUT2D eigenvalue weighted by Crippen LogP contribution is 2.26. The number of rotatable bonds is 6. The van der Waals surface area contributed by atoms with Crippen molar-refractivity contribution in [1.82, 2.24) is 0 Å². The van der Waals surface area contributed by atoms with Gasteiger partial charge in [-0.05, 0) is 72.4 Å². The number of ether oxygens (including phenoxy) is 3. The molecular formula is C21H24O6. The summed E-state index contributed by atoms with van der Waals surface area (Å²) in [6.45, 7) is 5.33. The topological polar surface area (TPSA) is 78.9 Å². The van der Waals surface area contributed by atoms with Crippen LogP contribution in [0.2, 0.25) is 0 Å². The van der Waals surface area contributed by atoms with Crippen molar-refractivity contribution in [1.29, 1.82) is 0 Å². The van der Waals surface area contributed by atoms with E-state index < -0.39 is 17.9 Å². The van der Waals surface area contributed by atoms with Gasteiger partial charge in [0.1, 0.15) is 0 Å². The molecule has 1 rings (SSSR count). The van der Waals surface area contributed by atoms with E-state index in [1.54, 1.807) is 20.8 Å². The zero-order valence-corrected chi connectivity index (χ0v) is 16.4. The van der Waals surface area contributed by atoms with Crippen molar-refractivity contribution >= 4 is 34.6 Å². The average molecular weight is 372 g/mol. The fourth-order valence-corrected chi connectivity index (χ4v) is 2.27. The van der Waals surface area contributed by atoms with E-state index in [0.717, 1.165) is 16.7 Å². The van der Waals surface area contributed by atoms with Crippen LogP contribution in [-0.2, 0) is 28.6 Å². The summed E-state index contributed by atoms with van der Waals surface area (Å²) in [7, 11) is 3.92. The lowest BCUT2D eigenvalue weighted by molar-refractivity contribution is -0.135. The Labute approximate surface area is 159 Å². The Morgan fingerprint density at radius 3 is 1.00 bits per heavy atom. The molecule has 6 nitrogen and oxygen atoms in total. The van der Waals surface area contributed by atoms with Gasteiger partial charge < -0.3 is 14.2 Å². The number of allylic oxidation sites excluding steroid dienone is 3. The molecule has 0 aliphatic heterocycles. The molecule has 0 fully saturated rings. The van der Waals surface area contributed by atoms with Crippen molar-refractivity contribution in [3.8, 4) is 0 Å². The molecule has 0 saturated carbocycles. The van der Waals surface area contributed by atoms with Crippen LogP contribution < -0.4 is 0 Å². The van der Waals surface area contributed by atoms with Gasteiger partial charge in [0, 0.05) is 18.2 Å². The second kappa shape index (κ2) is 10.1. The van der Waals surface area contributed by atoms with Gasteiger partial charge in [0.2, 0.25) is 0 Å². The molecule has 144 valence electrons. The van der Waals surface area contributed by atoms with E-state index in [1.165, 1.54) is 39.6 Å². The van der Waals surface area contributed by atoms with Crippen LogP contribution in [0.1, 0.15) is 37.5 Å². The van der Waals surface area contributed by atoms with Gasteiger partial charge in [0.15, 0.2) is 0 Å². The number of esters is 3. The molecule has 6 heteroatoms. The van der Waals surface area contributed by atoms with Crippen LogP contribution in [0.5, 0.6) is 0 Å². The van der Waals surface area contributed by atoms with Crippen molar-refractivity contribution in [3.05, 3.63) is 53.1 Å². The van der Waals surface area contributed by atoms with Gasteiger partial charge in [0.25, 0.3) is 0 Å². The second-order valence-corrected chi connectivity index (χ2v) is 5.85. The highest BCUT2D eigenvalue weighted by Gasteiger charge is 2.10. The zero-order valence-electron chi connectivity index (χ0n) is 16.4. The zero-order chi connectivity index (χ0) is 20.6. The van der Waals surface area contributed by atoms with Gasteiger partial charge in [-0.25, -0.2) is 14.4 Å². The molecule has 27 heavy (non-hydrogen) atoms. The van der Waals surface area contributed by atoms with Crippen LogP contribution in [0.15, 0.2) is 36.4 Å². The number of hydrogen-bond donors (Lipinski definition) is 0. The summed E-state index contributed by atoms with van der Waals surface area (Å²) in [6, 6.07) is 5.54. The van der Waals surface area contributed by atoms with E-state index in [0.29, 0.717) is 16.7 Å². The van der Waals surface area contributed by atoms with E-state index in [1.807, 2.05) is 18.2 Å². The molecule has 0 aliphatic rings. The summed E-state index contributed by atoms with van der Waals surface area (Å²) < 4.78 is 14.0. The molecule has 0 saturated heterocycles. The first-order valence-corrected chi connectivity index (χ1v) is 8.16. The Bertz CT molecular complexity index is 705. The van der Waals surface area contributed by atoms with Crippen LogP contribution in [0.25, 0.3) is 16.7 Å². The maximum Gasteiger partial charge on any atom is 0.330 e. The summed E-state index contributed by atoms with van der Waals surface area (Å²) in [5.74, 6) is -1.41. The smallest absolute Gasteiger partial charge is 0.330 e. The fourth-order valence-electron chi connectivity index (χ4n) is 2.27. The highest BCUT2D eigenvalue weighted by atomic mass is 16.5. The predicted molar refractivity (Wildman–Crippen MR) is 103 cm³/mol. The van der Waals surface area contributed by atoms with Gasteiger partial charge in [-0.3, -0.25) is 0 Å². The molecule has 0 unspecified atom stereocenters. The van der Waals surface area contributed by atoms with E-state index in [4.69, 9.17) is 0 Å². The first kappa shape index (κ1) is 21.9. The third-order valence-electron chi connectivity index (χ3n) is 3.91. The van der Waals surface area contributed by atoms with Crippen LogP contribution >= 0.6 is 0 Å². The summed E-state index contributed by atoms with van der Waals surface area (Å²) in [5.41, 5.74) is 4.31. The average Bonchev–Trinajstić information content (AvgIpc) is 2.66. The fraction of sp³-hybridized carbons (Fsp3) is 0.286. The van der Waals surface area contributed by atoms with Crippen molar-refractivity contribution in [2.75, 3.05) is 21.3 Å². The van der Waals surface area contributed by atoms with Crippen LogP contribution in [0, 0.1) is 0 Å². The molecule has 0 spiro atoms. The normalized spacial score (nSPS) is 12.4. The largest absolute Gasteiger partial charge is 0.466 e. The first-order valence-electron chi connectivity index (χ1n) is 8.16. The minimum Gasteiger partial charge on any atom is -0.466 e. The molecule has 0 bridgehead atoms. The third kappa shape index (κ3) is 6.58. The van der Waals surface area contributed by atoms with E-state index >= 15 is 0 Å². The molecule has 1 aromatic carbocycles. The Balaban J connectivity index is 3.56. The van der Waals surface area contributed by atoms with E-state index in [2.05, 4.69) is 14.2 Å². The third-order valence-corrected chi connectivity index (χ3v) is 3.91. The summed E-state index contributed by atoms with van der Waals surface area (Å²) in [4.78, 5) is 34.7. The highest BCUT2D eigenvalue weighted by molar-refractivity contribution is 5.95. The summed E-state index contributed by atoms with van der Waals surface area (Å²) in [6.07, 6.45) is 4.13. The number of methoxy groups -OCH3 is 3. The van der Waals surface area contributed by atoms with E-state index in [9.17, 15) is 14.4 Å². The first-order chi connectivity index (χ1) is 12.7. The Hall–Kier alpha value is -3.15. The van der Waals surface area contributed by atoms with E-state index in [-0.39, 0.29) is 0 Å². The van der Waals surface area contributed by atoms with Crippen LogP contribution in [-0.4, -0.2) is 39.2 Å². The molecule has 0 N–H and O–H groups in total. The number of hydrogen-bond acceptors (Lipinski definition) is 6. The standard InChI is InChI=1S/C21H24O6/c1-13(7-19(22)25-4)16-10-17(14(2)8-20(23)26-5)12-18(11-16)15(3)9-21(24)27-6/h7-12H,1-6H3/b13-7-,14-8-,15-9-. The van der Waals surface area contributed by atoms with Crippen molar-refractivity contribution in [3.63, 3.8) is 0 Å². The van der Waals surface area contributed by atoms with Crippen LogP contribution in [0.4, 0.5) is 0 Å². The maximum atomic E-state index is 11.6. The molecule has 0 amide bonds. The Morgan fingerprint density at radius 2 is 0.815 bits per heavy atom. The molecule has 0 heterocycles. The summed E-state index contributed by atoms with van der Waals surface area (Å²) >= 11 is 0. The minimum atomic E-state index is -0.469. The maximum absolute atomic E-state index is 11.6. The number of carbonyl (C=O) groups is 3. The van der Waals surface area contributed by atoms with Gasteiger partial charge in [0.05, 0.1) is 21.3 Å². The Morgan fingerprint density at radius 1 is 0.593 bits per heavy atom. The number of carbonyl (C=O) groups excluding carboxylic acids is 3. The van der Waals surface area contributed by atoms with Crippen LogP contribution in [0.3, 0.4) is 0 Å². The lowest BCUT2D eigenvalue weighted by atomic mass is 9.94. The SMILES string of the molecule is COC(=O)/C=C(/C)c1cc(/C(C)=C\C(=O)OC)cc(/C(C)=C\C(=O)OC)c1. The number of benzene rings is 1. The quantitative estimate of drug-likeness (QED) is 0.432. The van der Waals surface area contributed by atoms with Crippen molar-refractivity contribution in [2.45, 2.75) is 20.8 Å². The van der Waals surface area contributed by atoms with Crippen molar-refractivity contribution in [2.24, 2.45) is 0 Å². The second-order valence-electron chi connectivity index (χ2n) is 5.85. The summed E-state index contributed by atoms with van der Waals surface area (Å²) in [5, 5.41) is 0. The Kier molecular flexibility index (Phi) is 8.20. The minimum absolute atomic E-state index is 0.469. The molecule has 0 atom stereocenters. The monoisotopic (exact) mass is 372 g/mol. The molecule has 0 radical (unpaired) electrons. The molecule has 0 aliphatic carbocycles. The lowest BCUT2D eigenvalue weighted by Gasteiger charge is -2.11. The van der Waals surface area contributed by atoms with Gasteiger partial charge >= 0.3 is 17.9 Å². The molecular weight excluding hydrogens is 348 g/mol. The van der Waals surface area contributed by atoms with Gasteiger partial charge in [-0.15, -0.1) is 0 Å². The predicted octanol–water partition coefficient (Wildman–Crippen LogP) is 3.42. The van der Waals surface area contributed by atoms with Gasteiger partial charge in [-0.1, -0.05) is 0 Å².